The first kappa shape index (κ1) is 19.1. The molecule has 3 N–H and O–H groups in total. The van der Waals surface area contributed by atoms with Crippen LogP contribution in [0.2, 0.25) is 5.02 Å². The number of halogens is 1. The summed E-state index contributed by atoms with van der Waals surface area (Å²) in [7, 11) is -6.70. The molecule has 2 rings (SSSR count). The molecular weight excluding hydrogens is 364 g/mol. The summed E-state index contributed by atoms with van der Waals surface area (Å²) in [6.45, 7) is 0. The standard InChI is InChI=1S/C7H7NO5S2.C6H6ClN/c9-14(10)8-7-3-1-2-6(4-7)5-15(11,12)13;7-5-3-1-2-4-6(5)8/h1-4H,5H2,(H,11,12,13);1-4H,8H2. The number of hydrogen-bond donors (Lipinski definition) is 2. The summed E-state index contributed by atoms with van der Waals surface area (Å²) in [5.41, 5.74) is 6.40. The third-order valence-electron chi connectivity index (χ3n) is 2.34. The maximum atomic E-state index is 10.5. The van der Waals surface area contributed by atoms with E-state index in [0.29, 0.717) is 10.7 Å². The summed E-state index contributed by atoms with van der Waals surface area (Å²) in [5, 5.41) is 0.618. The second kappa shape index (κ2) is 8.63. The maximum absolute atomic E-state index is 10.5. The average molecular weight is 377 g/mol. The van der Waals surface area contributed by atoms with Gasteiger partial charge in [-0.05, 0) is 29.8 Å². The van der Waals surface area contributed by atoms with Gasteiger partial charge in [0.1, 0.15) is 5.75 Å². The Morgan fingerprint density at radius 2 is 1.78 bits per heavy atom. The minimum absolute atomic E-state index is 0.115. The normalized spacial score (nSPS) is 10.3. The number of nitrogens with two attached hydrogens (primary N) is 1. The van der Waals surface area contributed by atoms with Crippen LogP contribution in [0.25, 0.3) is 0 Å². The van der Waals surface area contributed by atoms with Crippen molar-refractivity contribution >= 4 is 43.6 Å². The first-order valence-electron chi connectivity index (χ1n) is 6.02. The van der Waals surface area contributed by atoms with E-state index in [1.807, 2.05) is 12.1 Å². The molecule has 23 heavy (non-hydrogen) atoms. The van der Waals surface area contributed by atoms with Crippen LogP contribution in [0.1, 0.15) is 5.56 Å². The summed E-state index contributed by atoms with van der Waals surface area (Å²) >= 11 is 5.58. The van der Waals surface area contributed by atoms with Crippen molar-refractivity contribution in [2.24, 2.45) is 4.36 Å². The Hall–Kier alpha value is -1.94. The lowest BCUT2D eigenvalue weighted by Gasteiger charge is -1.98. The highest BCUT2D eigenvalue weighted by atomic mass is 35.5. The number of nitrogens with zero attached hydrogens (tertiary/aromatic N) is 1. The summed E-state index contributed by atoms with van der Waals surface area (Å²) in [4.78, 5) is 0. The molecular formula is C13H13ClN2O5S2. The van der Waals surface area contributed by atoms with E-state index in [9.17, 15) is 16.8 Å². The molecule has 0 saturated carbocycles. The van der Waals surface area contributed by atoms with Gasteiger partial charge in [-0.25, -0.2) is 0 Å². The first-order chi connectivity index (χ1) is 10.7. The largest absolute Gasteiger partial charge is 0.398 e. The Balaban J connectivity index is 0.000000277. The fraction of sp³-hybridized carbons (Fsp3) is 0.0769. The van der Waals surface area contributed by atoms with Crippen LogP contribution >= 0.6 is 11.6 Å². The lowest BCUT2D eigenvalue weighted by molar-refractivity contribution is 0.482. The molecule has 0 bridgehead atoms. The fourth-order valence-corrected chi connectivity index (χ4v) is 2.50. The van der Waals surface area contributed by atoms with Gasteiger partial charge in [0, 0.05) is 0 Å². The highest BCUT2D eigenvalue weighted by Gasteiger charge is 2.06. The molecule has 0 amide bonds. The van der Waals surface area contributed by atoms with E-state index in [1.54, 1.807) is 12.1 Å². The molecule has 0 unspecified atom stereocenters. The van der Waals surface area contributed by atoms with E-state index in [1.165, 1.54) is 24.3 Å². The van der Waals surface area contributed by atoms with Gasteiger partial charge in [-0.15, -0.1) is 4.36 Å². The third kappa shape index (κ3) is 8.31. The van der Waals surface area contributed by atoms with Gasteiger partial charge in [-0.3, -0.25) is 4.55 Å². The predicted molar refractivity (Wildman–Crippen MR) is 88.6 cm³/mol. The van der Waals surface area contributed by atoms with Crippen molar-refractivity contribution in [1.29, 1.82) is 0 Å². The molecule has 0 aliphatic rings. The van der Waals surface area contributed by atoms with Gasteiger partial charge in [-0.2, -0.15) is 16.8 Å². The van der Waals surface area contributed by atoms with E-state index in [-0.39, 0.29) is 11.3 Å². The Morgan fingerprint density at radius 1 is 1.13 bits per heavy atom. The second-order valence-electron chi connectivity index (χ2n) is 4.23. The van der Waals surface area contributed by atoms with Gasteiger partial charge >= 0.3 is 10.5 Å². The van der Waals surface area contributed by atoms with E-state index in [4.69, 9.17) is 21.9 Å². The quantitative estimate of drug-likeness (QED) is 0.626. The Labute approximate surface area is 140 Å². The number of hydrogen-bond acceptors (Lipinski definition) is 6. The minimum atomic E-state index is -4.12. The summed E-state index contributed by atoms with van der Waals surface area (Å²) in [5.74, 6) is -0.568. The number of anilines is 1. The molecule has 0 aliphatic heterocycles. The van der Waals surface area contributed by atoms with E-state index in [2.05, 4.69) is 4.36 Å². The van der Waals surface area contributed by atoms with Crippen molar-refractivity contribution in [2.75, 3.05) is 5.73 Å². The van der Waals surface area contributed by atoms with E-state index < -0.39 is 26.4 Å². The highest BCUT2D eigenvalue weighted by molar-refractivity contribution is 7.85. The van der Waals surface area contributed by atoms with Gasteiger partial charge in [0.15, 0.2) is 0 Å². The summed E-state index contributed by atoms with van der Waals surface area (Å²) in [6, 6.07) is 12.8. The van der Waals surface area contributed by atoms with E-state index >= 15 is 0 Å². The molecule has 0 heterocycles. The Kier molecular flexibility index (Phi) is 7.17. The van der Waals surface area contributed by atoms with Gasteiger partial charge in [0.2, 0.25) is 0 Å². The van der Waals surface area contributed by atoms with Gasteiger partial charge in [0.05, 0.1) is 16.4 Å². The number of rotatable bonds is 3. The maximum Gasteiger partial charge on any atom is 0.316 e. The fourth-order valence-electron chi connectivity index (χ4n) is 1.47. The molecule has 0 spiro atoms. The Bertz CT molecular complexity index is 882. The van der Waals surface area contributed by atoms with Crippen LogP contribution in [0, 0.1) is 0 Å². The lowest BCUT2D eigenvalue weighted by Crippen LogP contribution is -2.00. The van der Waals surface area contributed by atoms with Gasteiger partial charge in [-0.1, -0.05) is 35.9 Å². The first-order valence-corrected chi connectivity index (χ1v) is 9.04. The lowest BCUT2D eigenvalue weighted by atomic mass is 10.2. The molecule has 2 aromatic carbocycles. The van der Waals surface area contributed by atoms with Crippen LogP contribution in [0.3, 0.4) is 0 Å². The van der Waals surface area contributed by atoms with Crippen molar-refractivity contribution in [1.82, 2.24) is 0 Å². The van der Waals surface area contributed by atoms with Crippen LogP contribution in [-0.2, 0) is 26.4 Å². The second-order valence-corrected chi connectivity index (χ2v) is 6.70. The number of benzene rings is 2. The van der Waals surface area contributed by atoms with Crippen LogP contribution in [-0.4, -0.2) is 21.4 Å². The smallest absolute Gasteiger partial charge is 0.316 e. The highest BCUT2D eigenvalue weighted by Crippen LogP contribution is 2.16. The molecule has 0 aliphatic carbocycles. The third-order valence-corrected chi connectivity index (χ3v) is 3.75. The van der Waals surface area contributed by atoms with Gasteiger partial charge < -0.3 is 5.73 Å². The van der Waals surface area contributed by atoms with Crippen LogP contribution in [0.15, 0.2) is 52.9 Å². The minimum Gasteiger partial charge on any atom is -0.398 e. The average Bonchev–Trinajstić information content (AvgIpc) is 2.40. The molecule has 2 aromatic rings. The SMILES string of the molecule is Nc1ccccc1Cl.O=S(=O)=Nc1cccc(CS(=O)(=O)O)c1. The van der Waals surface area contributed by atoms with Crippen molar-refractivity contribution in [3.05, 3.63) is 59.1 Å². The molecule has 0 fully saturated rings. The van der Waals surface area contributed by atoms with Crippen molar-refractivity contribution in [3.63, 3.8) is 0 Å². The van der Waals surface area contributed by atoms with Crippen LogP contribution in [0.5, 0.6) is 0 Å². The van der Waals surface area contributed by atoms with E-state index in [0.717, 1.165) is 0 Å². The monoisotopic (exact) mass is 376 g/mol. The van der Waals surface area contributed by atoms with Crippen molar-refractivity contribution < 1.29 is 21.4 Å². The summed E-state index contributed by atoms with van der Waals surface area (Å²) in [6.07, 6.45) is 0. The molecule has 0 aromatic heterocycles. The van der Waals surface area contributed by atoms with Crippen LogP contribution in [0.4, 0.5) is 11.4 Å². The zero-order chi connectivity index (χ0) is 17.5. The van der Waals surface area contributed by atoms with Gasteiger partial charge in [0.25, 0.3) is 10.1 Å². The Morgan fingerprint density at radius 3 is 2.26 bits per heavy atom. The summed E-state index contributed by atoms with van der Waals surface area (Å²) < 4.78 is 53.3. The molecule has 10 heteroatoms. The molecule has 7 nitrogen and oxygen atoms in total. The van der Waals surface area contributed by atoms with Crippen molar-refractivity contribution in [2.45, 2.75) is 5.75 Å². The molecule has 0 saturated heterocycles. The molecule has 0 atom stereocenters. The topological polar surface area (TPSA) is 127 Å². The zero-order valence-corrected chi connectivity index (χ0v) is 14.0. The van der Waals surface area contributed by atoms with Crippen LogP contribution < -0.4 is 5.73 Å². The zero-order valence-electron chi connectivity index (χ0n) is 11.6. The predicted octanol–water partition coefficient (Wildman–Crippen LogP) is 2.69. The molecule has 0 radical (unpaired) electrons. The number of nitrogen functional groups attached to an aromatic ring is 1. The number of para-hydroxylation sites is 1. The van der Waals surface area contributed by atoms with Crippen molar-refractivity contribution in [3.8, 4) is 0 Å². The molecule has 124 valence electrons.